The Morgan fingerprint density at radius 3 is 2.41 bits per heavy atom. The third-order valence-corrected chi connectivity index (χ3v) is 4.05. The van der Waals surface area contributed by atoms with Gasteiger partial charge >= 0.3 is 0 Å². The molecule has 1 aliphatic heterocycles. The van der Waals surface area contributed by atoms with Crippen LogP contribution in [0.15, 0.2) is 4.99 Å². The summed E-state index contributed by atoms with van der Waals surface area (Å²) in [6, 6.07) is 0. The molecule has 0 aromatic rings. The Balaban J connectivity index is 0.00000441. The van der Waals surface area contributed by atoms with Crippen molar-refractivity contribution in [3.8, 4) is 0 Å². The molecular formula is C16H35IN4O. The number of likely N-dealkylation sites (N-methyl/N-ethyl adjacent to an activating group) is 1. The molecule has 0 spiro atoms. The van der Waals surface area contributed by atoms with Gasteiger partial charge in [0.25, 0.3) is 0 Å². The number of nitrogens with zero attached hydrogens (tertiary/aromatic N) is 3. The molecule has 5 nitrogen and oxygen atoms in total. The summed E-state index contributed by atoms with van der Waals surface area (Å²) >= 11 is 0. The van der Waals surface area contributed by atoms with Crippen LogP contribution in [0.25, 0.3) is 0 Å². The average Bonchev–Trinajstić information content (AvgIpc) is 2.52. The van der Waals surface area contributed by atoms with Gasteiger partial charge in [-0.2, -0.15) is 0 Å². The van der Waals surface area contributed by atoms with E-state index in [0.717, 1.165) is 58.1 Å². The molecule has 0 unspecified atom stereocenters. The fourth-order valence-electron chi connectivity index (χ4n) is 2.87. The zero-order valence-corrected chi connectivity index (χ0v) is 17.1. The van der Waals surface area contributed by atoms with Crippen molar-refractivity contribution in [3.63, 3.8) is 0 Å². The molecule has 1 aliphatic rings. The van der Waals surface area contributed by atoms with Crippen LogP contribution < -0.4 is 5.32 Å². The number of hydrogen-bond donors (Lipinski definition) is 1. The largest absolute Gasteiger partial charge is 0.378 e. The molecule has 0 radical (unpaired) electrons. The summed E-state index contributed by atoms with van der Waals surface area (Å²) in [5.41, 5.74) is 0. The van der Waals surface area contributed by atoms with Gasteiger partial charge in [0.1, 0.15) is 0 Å². The van der Waals surface area contributed by atoms with E-state index in [1.54, 1.807) is 0 Å². The van der Waals surface area contributed by atoms with Crippen molar-refractivity contribution in [2.75, 3.05) is 52.9 Å². The van der Waals surface area contributed by atoms with E-state index in [1.165, 1.54) is 13.0 Å². The lowest BCUT2D eigenvalue weighted by Crippen LogP contribution is -2.48. The third-order valence-electron chi connectivity index (χ3n) is 4.05. The lowest BCUT2D eigenvalue weighted by atomic mass is 10.1. The molecule has 0 aromatic heterocycles. The van der Waals surface area contributed by atoms with Gasteiger partial charge in [0.2, 0.25) is 0 Å². The number of guanidine groups is 1. The molecule has 0 aliphatic carbocycles. The summed E-state index contributed by atoms with van der Waals surface area (Å²) < 4.78 is 5.70. The molecule has 0 atom stereocenters. The first-order valence-corrected chi connectivity index (χ1v) is 8.54. The highest BCUT2D eigenvalue weighted by Gasteiger charge is 2.21. The highest BCUT2D eigenvalue weighted by atomic mass is 127. The summed E-state index contributed by atoms with van der Waals surface area (Å²) in [5, 5.41) is 3.50. The lowest BCUT2D eigenvalue weighted by Gasteiger charge is -2.34. The van der Waals surface area contributed by atoms with E-state index in [2.05, 4.69) is 40.9 Å². The zero-order chi connectivity index (χ0) is 15.5. The smallest absolute Gasteiger partial charge is 0.193 e. The van der Waals surface area contributed by atoms with Gasteiger partial charge in [0.15, 0.2) is 5.96 Å². The minimum atomic E-state index is 0. The second kappa shape index (κ2) is 13.4. The van der Waals surface area contributed by atoms with Crippen LogP contribution in [0.2, 0.25) is 0 Å². The fraction of sp³-hybridized carbons (Fsp3) is 0.938. The van der Waals surface area contributed by atoms with Crippen LogP contribution in [-0.4, -0.2) is 74.8 Å². The minimum absolute atomic E-state index is 0. The molecule has 132 valence electrons. The van der Waals surface area contributed by atoms with Crippen LogP contribution in [0, 0.1) is 0 Å². The monoisotopic (exact) mass is 426 g/mol. The molecule has 1 rings (SSSR count). The molecule has 1 heterocycles. The van der Waals surface area contributed by atoms with Crippen molar-refractivity contribution in [1.29, 1.82) is 0 Å². The third kappa shape index (κ3) is 7.97. The first-order chi connectivity index (χ1) is 10.2. The summed E-state index contributed by atoms with van der Waals surface area (Å²) in [5.74, 6) is 1.04. The van der Waals surface area contributed by atoms with Crippen molar-refractivity contribution in [2.45, 2.75) is 46.1 Å². The molecule has 0 saturated carbocycles. The summed E-state index contributed by atoms with van der Waals surface area (Å²) in [4.78, 5) is 9.25. The van der Waals surface area contributed by atoms with E-state index in [1.807, 2.05) is 7.05 Å². The van der Waals surface area contributed by atoms with Crippen LogP contribution in [0.4, 0.5) is 0 Å². The number of ether oxygens (including phenoxy) is 1. The van der Waals surface area contributed by atoms with E-state index >= 15 is 0 Å². The summed E-state index contributed by atoms with van der Waals surface area (Å²) in [6.07, 6.45) is 3.86. The Morgan fingerprint density at radius 2 is 1.91 bits per heavy atom. The van der Waals surface area contributed by atoms with Crippen molar-refractivity contribution < 1.29 is 4.74 Å². The Bertz CT molecular complexity index is 294. The predicted molar refractivity (Wildman–Crippen MR) is 105 cm³/mol. The number of nitrogens with one attached hydrogen (secondary N) is 1. The lowest BCUT2D eigenvalue weighted by molar-refractivity contribution is 0.0263. The maximum absolute atomic E-state index is 5.70. The maximum Gasteiger partial charge on any atom is 0.193 e. The Morgan fingerprint density at radius 1 is 1.23 bits per heavy atom. The zero-order valence-electron chi connectivity index (χ0n) is 14.8. The molecule has 22 heavy (non-hydrogen) atoms. The number of halogens is 1. The number of hydrogen-bond acceptors (Lipinski definition) is 3. The van der Waals surface area contributed by atoms with Gasteiger partial charge in [-0.1, -0.05) is 13.8 Å². The standard InChI is InChI=1S/C16H34N4O.HI/c1-5-11-19(6-2)14-10-18-16(17-4)20-12-8-15(9-13-20)21-7-3;/h15H,5-14H2,1-4H3,(H,17,18);1H. The van der Waals surface area contributed by atoms with Gasteiger partial charge in [-0.3, -0.25) is 4.99 Å². The highest BCUT2D eigenvalue weighted by molar-refractivity contribution is 14.0. The SMILES string of the molecule is CCCN(CC)CCNC(=NC)N1CCC(OCC)CC1.I. The van der Waals surface area contributed by atoms with Crippen LogP contribution in [0.1, 0.15) is 40.0 Å². The van der Waals surface area contributed by atoms with Gasteiger partial charge < -0.3 is 19.9 Å². The van der Waals surface area contributed by atoms with E-state index < -0.39 is 0 Å². The number of aliphatic imine (C=N–C) groups is 1. The minimum Gasteiger partial charge on any atom is -0.378 e. The Kier molecular flexibility index (Phi) is 13.3. The van der Waals surface area contributed by atoms with Gasteiger partial charge in [-0.25, -0.2) is 0 Å². The van der Waals surface area contributed by atoms with Gasteiger partial charge in [-0.05, 0) is 39.3 Å². The quantitative estimate of drug-likeness (QED) is 0.368. The first kappa shape index (κ1) is 21.9. The van der Waals surface area contributed by atoms with Crippen LogP contribution in [-0.2, 0) is 4.74 Å². The van der Waals surface area contributed by atoms with Gasteiger partial charge in [0.05, 0.1) is 6.10 Å². The molecular weight excluding hydrogens is 391 g/mol. The Hall–Kier alpha value is -0.0800. The van der Waals surface area contributed by atoms with E-state index in [0.29, 0.717) is 6.10 Å². The van der Waals surface area contributed by atoms with Crippen LogP contribution in [0.3, 0.4) is 0 Å². The van der Waals surface area contributed by atoms with E-state index in [9.17, 15) is 0 Å². The van der Waals surface area contributed by atoms with Crippen molar-refractivity contribution >= 4 is 29.9 Å². The molecule has 1 N–H and O–H groups in total. The predicted octanol–water partition coefficient (Wildman–Crippen LogP) is 2.41. The molecule has 0 aromatic carbocycles. The fourth-order valence-corrected chi connectivity index (χ4v) is 2.87. The second-order valence-corrected chi connectivity index (χ2v) is 5.55. The van der Waals surface area contributed by atoms with Crippen LogP contribution >= 0.6 is 24.0 Å². The molecule has 0 bridgehead atoms. The topological polar surface area (TPSA) is 40.1 Å². The van der Waals surface area contributed by atoms with E-state index in [4.69, 9.17) is 4.74 Å². The van der Waals surface area contributed by atoms with Gasteiger partial charge in [0, 0.05) is 39.8 Å². The summed E-state index contributed by atoms with van der Waals surface area (Å²) in [7, 11) is 1.88. The molecule has 0 amide bonds. The average molecular weight is 426 g/mol. The normalized spacial score (nSPS) is 16.8. The number of piperidine rings is 1. The van der Waals surface area contributed by atoms with Crippen molar-refractivity contribution in [3.05, 3.63) is 0 Å². The number of likely N-dealkylation sites (tertiary alicyclic amines) is 1. The second-order valence-electron chi connectivity index (χ2n) is 5.55. The number of rotatable bonds is 8. The molecule has 1 saturated heterocycles. The van der Waals surface area contributed by atoms with Crippen molar-refractivity contribution in [1.82, 2.24) is 15.1 Å². The molecule has 6 heteroatoms. The van der Waals surface area contributed by atoms with Crippen LogP contribution in [0.5, 0.6) is 0 Å². The maximum atomic E-state index is 5.70. The highest BCUT2D eigenvalue weighted by Crippen LogP contribution is 2.13. The first-order valence-electron chi connectivity index (χ1n) is 8.54. The molecule has 1 fully saturated rings. The Labute approximate surface area is 153 Å². The van der Waals surface area contributed by atoms with Crippen molar-refractivity contribution in [2.24, 2.45) is 4.99 Å². The summed E-state index contributed by atoms with van der Waals surface area (Å²) in [6.45, 7) is 13.8. The van der Waals surface area contributed by atoms with E-state index in [-0.39, 0.29) is 24.0 Å². The van der Waals surface area contributed by atoms with Gasteiger partial charge in [-0.15, -0.1) is 24.0 Å².